The van der Waals surface area contributed by atoms with Gasteiger partial charge in [-0.2, -0.15) is 0 Å². The van der Waals surface area contributed by atoms with Crippen LogP contribution in [0.3, 0.4) is 0 Å². The highest BCUT2D eigenvalue weighted by molar-refractivity contribution is 9.10. The predicted molar refractivity (Wildman–Crippen MR) is 71.2 cm³/mol. The summed E-state index contributed by atoms with van der Waals surface area (Å²) in [5.41, 5.74) is 0. The first-order valence-electron chi connectivity index (χ1n) is 5.68. The van der Waals surface area contributed by atoms with Crippen LogP contribution in [0.15, 0.2) is 21.2 Å². The molecule has 17 heavy (non-hydrogen) atoms. The molecule has 2 amide bonds. The summed E-state index contributed by atoms with van der Waals surface area (Å²) in [6.07, 6.45) is 0. The quantitative estimate of drug-likeness (QED) is 0.849. The molecule has 1 aromatic heterocycles. The van der Waals surface area contributed by atoms with E-state index in [0.29, 0.717) is 17.1 Å². The second-order valence-corrected chi connectivity index (χ2v) is 4.29. The van der Waals surface area contributed by atoms with Crippen molar-refractivity contribution in [1.82, 2.24) is 10.2 Å². The van der Waals surface area contributed by atoms with Crippen molar-refractivity contribution in [2.45, 2.75) is 13.8 Å². The first-order chi connectivity index (χ1) is 8.15. The molecule has 0 spiro atoms. The number of anilines is 1. The van der Waals surface area contributed by atoms with Gasteiger partial charge >= 0.3 is 6.03 Å². The van der Waals surface area contributed by atoms with Crippen molar-refractivity contribution in [3.63, 3.8) is 0 Å². The Bertz CT molecular complexity index is 350. The van der Waals surface area contributed by atoms with E-state index in [1.165, 1.54) is 0 Å². The molecule has 0 saturated carbocycles. The summed E-state index contributed by atoms with van der Waals surface area (Å²) < 4.78 is 5.75. The van der Waals surface area contributed by atoms with Gasteiger partial charge in [-0.05, 0) is 35.1 Å². The van der Waals surface area contributed by atoms with Gasteiger partial charge in [0, 0.05) is 19.2 Å². The molecule has 96 valence electrons. The molecular weight excluding hydrogens is 286 g/mol. The molecule has 0 aliphatic heterocycles. The van der Waals surface area contributed by atoms with Crippen LogP contribution in [-0.2, 0) is 0 Å². The Morgan fingerprint density at radius 3 is 2.65 bits per heavy atom. The van der Waals surface area contributed by atoms with Crippen molar-refractivity contribution < 1.29 is 9.21 Å². The van der Waals surface area contributed by atoms with Gasteiger partial charge in [0.1, 0.15) is 0 Å². The third-order valence-electron chi connectivity index (χ3n) is 2.42. The van der Waals surface area contributed by atoms with Gasteiger partial charge in [0.05, 0.1) is 0 Å². The van der Waals surface area contributed by atoms with Crippen LogP contribution in [-0.4, -0.2) is 37.1 Å². The highest BCUT2D eigenvalue weighted by atomic mass is 79.9. The summed E-state index contributed by atoms with van der Waals surface area (Å²) in [4.78, 5) is 13.7. The molecule has 1 rings (SSSR count). The second-order valence-electron chi connectivity index (χ2n) is 3.51. The first kappa shape index (κ1) is 14.1. The van der Waals surface area contributed by atoms with Crippen LogP contribution in [0, 0.1) is 0 Å². The molecule has 1 heterocycles. The molecule has 5 nitrogen and oxygen atoms in total. The highest BCUT2D eigenvalue weighted by Gasteiger charge is 2.05. The van der Waals surface area contributed by atoms with Crippen molar-refractivity contribution in [3.8, 4) is 0 Å². The Hall–Kier alpha value is -1.01. The second kappa shape index (κ2) is 7.34. The van der Waals surface area contributed by atoms with Gasteiger partial charge in [-0.1, -0.05) is 13.8 Å². The van der Waals surface area contributed by atoms with Crippen molar-refractivity contribution in [2.24, 2.45) is 0 Å². The number of amides is 2. The minimum atomic E-state index is -0.251. The maximum absolute atomic E-state index is 11.5. The van der Waals surface area contributed by atoms with Gasteiger partial charge < -0.3 is 14.6 Å². The van der Waals surface area contributed by atoms with E-state index in [-0.39, 0.29) is 6.03 Å². The molecule has 0 aliphatic rings. The fraction of sp³-hybridized carbons (Fsp3) is 0.545. The molecule has 0 unspecified atom stereocenters. The molecule has 0 atom stereocenters. The molecule has 0 aromatic carbocycles. The standard InChI is InChI=1S/C11H18BrN3O2/c1-3-15(4-2)8-7-13-11(16)14-10-6-5-9(12)17-10/h5-6H,3-4,7-8H2,1-2H3,(H2,13,14,16). The number of hydrogen-bond acceptors (Lipinski definition) is 3. The van der Waals surface area contributed by atoms with Gasteiger partial charge in [-0.3, -0.25) is 5.32 Å². The zero-order valence-corrected chi connectivity index (χ0v) is 11.7. The number of urea groups is 1. The van der Waals surface area contributed by atoms with Crippen LogP contribution in [0.25, 0.3) is 0 Å². The normalized spacial score (nSPS) is 10.6. The SMILES string of the molecule is CCN(CC)CCNC(=O)Nc1ccc(Br)o1. The summed E-state index contributed by atoms with van der Waals surface area (Å²) in [6, 6.07) is 3.17. The van der Waals surface area contributed by atoms with Crippen molar-refractivity contribution in [1.29, 1.82) is 0 Å². The van der Waals surface area contributed by atoms with Crippen LogP contribution in [0.4, 0.5) is 10.7 Å². The molecule has 2 N–H and O–H groups in total. The third kappa shape index (κ3) is 5.23. The molecule has 0 saturated heterocycles. The van der Waals surface area contributed by atoms with Crippen LogP contribution in [0.5, 0.6) is 0 Å². The van der Waals surface area contributed by atoms with E-state index in [4.69, 9.17) is 4.42 Å². The van der Waals surface area contributed by atoms with E-state index in [0.717, 1.165) is 19.6 Å². The van der Waals surface area contributed by atoms with E-state index in [1.54, 1.807) is 12.1 Å². The lowest BCUT2D eigenvalue weighted by atomic mass is 10.4. The summed E-state index contributed by atoms with van der Waals surface area (Å²) >= 11 is 3.17. The number of carbonyl (C=O) groups excluding carboxylic acids is 1. The minimum Gasteiger partial charge on any atom is -0.434 e. The third-order valence-corrected chi connectivity index (χ3v) is 2.84. The van der Waals surface area contributed by atoms with Gasteiger partial charge in [-0.15, -0.1) is 0 Å². The Morgan fingerprint density at radius 2 is 2.12 bits per heavy atom. The highest BCUT2D eigenvalue weighted by Crippen LogP contribution is 2.17. The van der Waals surface area contributed by atoms with E-state index < -0.39 is 0 Å². The Kier molecular flexibility index (Phi) is 6.07. The van der Waals surface area contributed by atoms with Gasteiger partial charge in [0.25, 0.3) is 0 Å². The largest absolute Gasteiger partial charge is 0.434 e. The molecule has 6 heteroatoms. The maximum atomic E-state index is 11.5. The van der Waals surface area contributed by atoms with Crippen molar-refractivity contribution in [2.75, 3.05) is 31.5 Å². The Labute approximate surface area is 110 Å². The number of furan rings is 1. The molecule has 0 aliphatic carbocycles. The lowest BCUT2D eigenvalue weighted by Gasteiger charge is -2.17. The Balaban J connectivity index is 2.21. The molecule has 0 radical (unpaired) electrons. The first-order valence-corrected chi connectivity index (χ1v) is 6.47. The average molecular weight is 304 g/mol. The number of likely N-dealkylation sites (N-methyl/N-ethyl adjacent to an activating group) is 1. The van der Waals surface area contributed by atoms with E-state index in [2.05, 4.69) is 45.3 Å². The van der Waals surface area contributed by atoms with Crippen LogP contribution in [0.2, 0.25) is 0 Å². The van der Waals surface area contributed by atoms with Crippen molar-refractivity contribution in [3.05, 3.63) is 16.8 Å². The van der Waals surface area contributed by atoms with Gasteiger partial charge in [-0.25, -0.2) is 4.79 Å². The van der Waals surface area contributed by atoms with Gasteiger partial charge in [0.15, 0.2) is 4.67 Å². The van der Waals surface area contributed by atoms with Crippen molar-refractivity contribution >= 4 is 27.8 Å². The Morgan fingerprint density at radius 1 is 1.41 bits per heavy atom. The smallest absolute Gasteiger partial charge is 0.321 e. The summed E-state index contributed by atoms with van der Waals surface area (Å²) in [7, 11) is 0. The van der Waals surface area contributed by atoms with E-state index in [1.807, 2.05) is 0 Å². The number of nitrogens with one attached hydrogen (secondary N) is 2. The summed E-state index contributed by atoms with van der Waals surface area (Å²) in [6.45, 7) is 7.65. The fourth-order valence-corrected chi connectivity index (χ4v) is 1.71. The maximum Gasteiger partial charge on any atom is 0.321 e. The number of nitrogens with zero attached hydrogens (tertiary/aromatic N) is 1. The average Bonchev–Trinajstić information content (AvgIpc) is 2.70. The minimum absolute atomic E-state index is 0.251. The summed E-state index contributed by atoms with van der Waals surface area (Å²) in [5.74, 6) is 0.428. The lowest BCUT2D eigenvalue weighted by molar-refractivity contribution is 0.247. The zero-order chi connectivity index (χ0) is 12.7. The lowest BCUT2D eigenvalue weighted by Crippen LogP contribution is -2.36. The number of carbonyl (C=O) groups is 1. The number of rotatable bonds is 6. The number of hydrogen-bond donors (Lipinski definition) is 2. The van der Waals surface area contributed by atoms with E-state index >= 15 is 0 Å². The monoisotopic (exact) mass is 303 g/mol. The van der Waals surface area contributed by atoms with Gasteiger partial charge in [0.2, 0.25) is 5.88 Å². The molecular formula is C11H18BrN3O2. The zero-order valence-electron chi connectivity index (χ0n) is 10.1. The number of halogens is 1. The predicted octanol–water partition coefficient (Wildman–Crippen LogP) is 2.51. The molecule has 1 aromatic rings. The van der Waals surface area contributed by atoms with E-state index in [9.17, 15) is 4.79 Å². The topological polar surface area (TPSA) is 57.5 Å². The fourth-order valence-electron chi connectivity index (χ4n) is 1.40. The molecule has 0 fully saturated rings. The van der Waals surface area contributed by atoms with Crippen LogP contribution >= 0.6 is 15.9 Å². The molecule has 0 bridgehead atoms. The van der Waals surface area contributed by atoms with Crippen LogP contribution < -0.4 is 10.6 Å². The summed E-state index contributed by atoms with van der Waals surface area (Å²) in [5, 5.41) is 5.38. The van der Waals surface area contributed by atoms with Crippen LogP contribution in [0.1, 0.15) is 13.8 Å².